The van der Waals surface area contributed by atoms with E-state index in [-0.39, 0.29) is 17.5 Å². The van der Waals surface area contributed by atoms with E-state index in [4.69, 9.17) is 4.52 Å². The first-order valence-electron chi connectivity index (χ1n) is 8.64. The highest BCUT2D eigenvalue weighted by atomic mass is 16.5. The second-order valence-electron chi connectivity index (χ2n) is 5.99. The maximum Gasteiger partial charge on any atom is 0.273 e. The first-order chi connectivity index (χ1) is 13.1. The van der Waals surface area contributed by atoms with Crippen LogP contribution in [0.5, 0.6) is 0 Å². The van der Waals surface area contributed by atoms with Crippen LogP contribution in [-0.2, 0) is 0 Å². The van der Waals surface area contributed by atoms with Crippen molar-refractivity contribution < 1.29 is 14.1 Å². The SMILES string of the molecule is Cc1cc(C(=O)NCCCNC(=O)c2cc(-c3ccccc3)on2)ccn1. The van der Waals surface area contributed by atoms with Crippen LogP contribution >= 0.6 is 0 Å². The molecule has 0 saturated carbocycles. The number of benzene rings is 1. The third kappa shape index (κ3) is 5.01. The van der Waals surface area contributed by atoms with Gasteiger partial charge >= 0.3 is 0 Å². The fourth-order valence-electron chi connectivity index (χ4n) is 2.49. The average molecular weight is 364 g/mol. The molecule has 3 aromatic rings. The van der Waals surface area contributed by atoms with Gasteiger partial charge in [0.25, 0.3) is 11.8 Å². The first-order valence-corrected chi connectivity index (χ1v) is 8.64. The number of amides is 2. The molecule has 1 aromatic carbocycles. The van der Waals surface area contributed by atoms with Crippen LogP contribution in [0.3, 0.4) is 0 Å². The smallest absolute Gasteiger partial charge is 0.273 e. The lowest BCUT2D eigenvalue weighted by Gasteiger charge is -2.06. The van der Waals surface area contributed by atoms with E-state index in [1.54, 1.807) is 24.4 Å². The standard InChI is InChI=1S/C20H20N4O3/c1-14-12-16(8-11-21-14)19(25)22-9-5-10-23-20(26)17-13-18(27-24-17)15-6-3-2-4-7-15/h2-4,6-8,11-13H,5,9-10H2,1H3,(H,22,25)(H,23,26). The zero-order valence-electron chi connectivity index (χ0n) is 14.9. The summed E-state index contributed by atoms with van der Waals surface area (Å²) in [5.41, 5.74) is 2.45. The number of aryl methyl sites for hydroxylation is 1. The van der Waals surface area contributed by atoms with E-state index in [0.29, 0.717) is 30.8 Å². The summed E-state index contributed by atoms with van der Waals surface area (Å²) < 4.78 is 5.22. The fourth-order valence-corrected chi connectivity index (χ4v) is 2.49. The van der Waals surface area contributed by atoms with Crippen molar-refractivity contribution in [1.29, 1.82) is 0 Å². The lowest BCUT2D eigenvalue weighted by Crippen LogP contribution is -2.30. The monoisotopic (exact) mass is 364 g/mol. The molecule has 2 amide bonds. The molecule has 2 heterocycles. The molecular weight excluding hydrogens is 344 g/mol. The number of aromatic nitrogens is 2. The maximum atomic E-state index is 12.1. The topological polar surface area (TPSA) is 97.1 Å². The fraction of sp³-hybridized carbons (Fsp3) is 0.200. The highest BCUT2D eigenvalue weighted by Crippen LogP contribution is 2.19. The normalized spacial score (nSPS) is 10.4. The Morgan fingerprint density at radius 3 is 2.48 bits per heavy atom. The van der Waals surface area contributed by atoms with Gasteiger partial charge in [0.1, 0.15) is 0 Å². The van der Waals surface area contributed by atoms with Gasteiger partial charge in [-0.15, -0.1) is 0 Å². The summed E-state index contributed by atoms with van der Waals surface area (Å²) in [6, 6.07) is 14.5. The molecule has 138 valence electrons. The van der Waals surface area contributed by atoms with E-state index in [1.165, 1.54) is 0 Å². The van der Waals surface area contributed by atoms with Crippen molar-refractivity contribution in [2.45, 2.75) is 13.3 Å². The molecule has 0 aliphatic carbocycles. The molecule has 0 fully saturated rings. The zero-order chi connectivity index (χ0) is 19.1. The van der Waals surface area contributed by atoms with Crippen LogP contribution in [0, 0.1) is 6.92 Å². The molecule has 0 aliphatic heterocycles. The van der Waals surface area contributed by atoms with E-state index >= 15 is 0 Å². The van der Waals surface area contributed by atoms with E-state index in [1.807, 2.05) is 37.3 Å². The van der Waals surface area contributed by atoms with Crippen LogP contribution in [0.25, 0.3) is 11.3 Å². The third-order valence-electron chi connectivity index (χ3n) is 3.88. The Labute approximate surface area is 156 Å². The highest BCUT2D eigenvalue weighted by molar-refractivity contribution is 5.94. The molecule has 0 spiro atoms. The Bertz CT molecular complexity index is 922. The number of carbonyl (C=O) groups is 2. The number of nitrogens with one attached hydrogen (secondary N) is 2. The summed E-state index contributed by atoms with van der Waals surface area (Å²) in [6.45, 7) is 2.70. The predicted molar refractivity (Wildman–Crippen MR) is 100 cm³/mol. The van der Waals surface area contributed by atoms with Gasteiger partial charge in [-0.2, -0.15) is 0 Å². The molecule has 0 saturated heterocycles. The van der Waals surface area contributed by atoms with Crippen molar-refractivity contribution in [2.75, 3.05) is 13.1 Å². The molecule has 0 radical (unpaired) electrons. The number of hydrogen-bond donors (Lipinski definition) is 2. The van der Waals surface area contributed by atoms with Gasteiger partial charge in [-0.05, 0) is 25.5 Å². The van der Waals surface area contributed by atoms with Crippen LogP contribution in [0.4, 0.5) is 0 Å². The molecule has 0 aliphatic rings. The largest absolute Gasteiger partial charge is 0.355 e. The van der Waals surface area contributed by atoms with E-state index in [2.05, 4.69) is 20.8 Å². The molecule has 2 aromatic heterocycles. The number of nitrogens with zero attached hydrogens (tertiary/aromatic N) is 2. The minimum absolute atomic E-state index is 0.157. The minimum Gasteiger partial charge on any atom is -0.355 e. The maximum absolute atomic E-state index is 12.1. The summed E-state index contributed by atoms with van der Waals surface area (Å²) in [5.74, 6) is 0.0773. The average Bonchev–Trinajstić information content (AvgIpc) is 3.18. The number of carbonyl (C=O) groups excluding carboxylic acids is 2. The Morgan fingerprint density at radius 1 is 1.00 bits per heavy atom. The molecule has 7 heteroatoms. The number of hydrogen-bond acceptors (Lipinski definition) is 5. The molecule has 3 rings (SSSR count). The predicted octanol–water partition coefficient (Wildman–Crippen LogP) is 2.59. The summed E-state index contributed by atoms with van der Waals surface area (Å²) in [5, 5.41) is 9.38. The lowest BCUT2D eigenvalue weighted by molar-refractivity contribution is 0.0944. The lowest BCUT2D eigenvalue weighted by atomic mass is 10.1. The van der Waals surface area contributed by atoms with E-state index in [9.17, 15) is 9.59 Å². The number of rotatable bonds is 7. The minimum atomic E-state index is -0.308. The molecule has 0 atom stereocenters. The zero-order valence-corrected chi connectivity index (χ0v) is 14.9. The Kier molecular flexibility index (Phi) is 5.94. The van der Waals surface area contributed by atoms with Gasteiger partial charge in [-0.3, -0.25) is 14.6 Å². The first kappa shape index (κ1) is 18.3. The van der Waals surface area contributed by atoms with E-state index in [0.717, 1.165) is 11.3 Å². The van der Waals surface area contributed by atoms with Crippen LogP contribution in [0.1, 0.15) is 33.0 Å². The van der Waals surface area contributed by atoms with Crippen molar-refractivity contribution >= 4 is 11.8 Å². The summed E-state index contributed by atoms with van der Waals surface area (Å²) >= 11 is 0. The summed E-state index contributed by atoms with van der Waals surface area (Å²) in [4.78, 5) is 28.2. The Hall–Kier alpha value is -3.48. The van der Waals surface area contributed by atoms with Gasteiger partial charge in [-0.1, -0.05) is 35.5 Å². The van der Waals surface area contributed by atoms with Crippen molar-refractivity contribution in [3.05, 3.63) is 71.7 Å². The molecule has 7 nitrogen and oxygen atoms in total. The van der Waals surface area contributed by atoms with Crippen molar-refractivity contribution in [3.63, 3.8) is 0 Å². The Balaban J connectivity index is 1.41. The van der Waals surface area contributed by atoms with Crippen molar-refractivity contribution in [3.8, 4) is 11.3 Å². The molecule has 0 unspecified atom stereocenters. The quantitative estimate of drug-likeness (QED) is 0.628. The van der Waals surface area contributed by atoms with Crippen molar-refractivity contribution in [2.24, 2.45) is 0 Å². The van der Waals surface area contributed by atoms with Crippen molar-refractivity contribution in [1.82, 2.24) is 20.8 Å². The van der Waals surface area contributed by atoms with Crippen LogP contribution in [0.15, 0.2) is 59.3 Å². The molecule has 0 bridgehead atoms. The van der Waals surface area contributed by atoms with Gasteiger partial charge in [0.05, 0.1) is 0 Å². The number of pyridine rings is 1. The van der Waals surface area contributed by atoms with E-state index < -0.39 is 0 Å². The molecule has 27 heavy (non-hydrogen) atoms. The van der Waals surface area contributed by atoms with Gasteiger partial charge in [0.15, 0.2) is 11.5 Å². The van der Waals surface area contributed by atoms with Crippen LogP contribution in [0.2, 0.25) is 0 Å². The second kappa shape index (κ2) is 8.75. The third-order valence-corrected chi connectivity index (χ3v) is 3.88. The van der Waals surface area contributed by atoms with Gasteiger partial charge in [-0.25, -0.2) is 0 Å². The summed E-state index contributed by atoms with van der Waals surface area (Å²) in [6.07, 6.45) is 2.21. The van der Waals surface area contributed by atoms with Crippen LogP contribution < -0.4 is 10.6 Å². The Morgan fingerprint density at radius 2 is 1.74 bits per heavy atom. The van der Waals surface area contributed by atoms with Gasteiger partial charge in [0.2, 0.25) is 0 Å². The van der Waals surface area contributed by atoms with Gasteiger partial charge < -0.3 is 15.2 Å². The summed E-state index contributed by atoms with van der Waals surface area (Å²) in [7, 11) is 0. The highest BCUT2D eigenvalue weighted by Gasteiger charge is 2.13. The molecule has 2 N–H and O–H groups in total. The van der Waals surface area contributed by atoms with Gasteiger partial charge in [0, 0.05) is 42.2 Å². The second-order valence-corrected chi connectivity index (χ2v) is 5.99. The molecular formula is C20H20N4O3. The van der Waals surface area contributed by atoms with Crippen LogP contribution in [-0.4, -0.2) is 35.0 Å².